The van der Waals surface area contributed by atoms with Gasteiger partial charge < -0.3 is 15.3 Å². The second-order valence-corrected chi connectivity index (χ2v) is 2.95. The average molecular weight is 176 g/mol. The van der Waals surface area contributed by atoms with E-state index in [1.165, 1.54) is 0 Å². The monoisotopic (exact) mass is 175 g/mol. The van der Waals surface area contributed by atoms with Gasteiger partial charge in [0.1, 0.15) is 11.4 Å². The van der Waals surface area contributed by atoms with Crippen LogP contribution < -0.4 is 5.73 Å². The fraction of sp³-hybridized carbons (Fsp3) is 0.429. The number of nitrogens with two attached hydrogens (primary N) is 1. The van der Waals surface area contributed by atoms with Gasteiger partial charge in [0.05, 0.1) is 0 Å². The summed E-state index contributed by atoms with van der Waals surface area (Å²) in [5.74, 6) is 0.394. The quantitative estimate of drug-likeness (QED) is 0.708. The van der Waals surface area contributed by atoms with Crippen molar-refractivity contribution in [2.24, 2.45) is 5.73 Å². The molecule has 1 atom stereocenters. The van der Waals surface area contributed by atoms with Gasteiger partial charge in [0.25, 0.3) is 0 Å². The molecule has 0 amide bonds. The van der Waals surface area contributed by atoms with Crippen molar-refractivity contribution < 1.29 is 9.52 Å². The summed E-state index contributed by atoms with van der Waals surface area (Å²) in [7, 11) is 0. The number of hydrogen-bond donors (Lipinski definition) is 2. The number of furan rings is 1. The molecule has 3 nitrogen and oxygen atoms in total. The molecule has 0 saturated carbocycles. The van der Waals surface area contributed by atoms with E-state index in [9.17, 15) is 5.11 Å². The zero-order chi connectivity index (χ0) is 8.48. The Morgan fingerprint density at radius 1 is 1.73 bits per heavy atom. The van der Waals surface area contributed by atoms with E-state index in [0.29, 0.717) is 5.76 Å². The van der Waals surface area contributed by atoms with Crippen molar-refractivity contribution in [2.75, 3.05) is 6.54 Å². The molecule has 1 aromatic rings. The minimum atomic E-state index is -1.12. The Morgan fingerprint density at radius 2 is 2.36 bits per heavy atom. The van der Waals surface area contributed by atoms with Gasteiger partial charge in [-0.3, -0.25) is 0 Å². The van der Waals surface area contributed by atoms with E-state index in [0.717, 1.165) is 0 Å². The maximum atomic E-state index is 9.53. The molecule has 1 unspecified atom stereocenters. The van der Waals surface area contributed by atoms with E-state index in [2.05, 4.69) is 0 Å². The highest BCUT2D eigenvalue weighted by Gasteiger charge is 2.24. The summed E-state index contributed by atoms with van der Waals surface area (Å²) in [5.41, 5.74) is 4.18. The van der Waals surface area contributed by atoms with E-state index in [-0.39, 0.29) is 11.8 Å². The van der Waals surface area contributed by atoms with E-state index in [1.807, 2.05) is 0 Å². The molecular formula is C7H10ClNO2. The Kier molecular flexibility index (Phi) is 2.23. The molecule has 1 rings (SSSR count). The summed E-state index contributed by atoms with van der Waals surface area (Å²) in [6.07, 6.45) is 0. The van der Waals surface area contributed by atoms with Crippen LogP contribution in [0.2, 0.25) is 5.22 Å². The summed E-state index contributed by atoms with van der Waals surface area (Å²) in [4.78, 5) is 0. The van der Waals surface area contributed by atoms with Crippen LogP contribution in [-0.2, 0) is 5.60 Å². The molecule has 0 aromatic carbocycles. The Hall–Kier alpha value is -0.510. The molecule has 0 spiro atoms. The zero-order valence-electron chi connectivity index (χ0n) is 6.17. The van der Waals surface area contributed by atoms with E-state index in [4.69, 9.17) is 21.8 Å². The molecule has 0 saturated heterocycles. The first-order valence-electron chi connectivity index (χ1n) is 3.24. The van der Waals surface area contributed by atoms with Crippen LogP contribution in [-0.4, -0.2) is 11.7 Å². The highest BCUT2D eigenvalue weighted by molar-refractivity contribution is 6.28. The summed E-state index contributed by atoms with van der Waals surface area (Å²) in [5, 5.41) is 9.79. The fourth-order valence-corrected chi connectivity index (χ4v) is 0.850. The lowest BCUT2D eigenvalue weighted by molar-refractivity contribution is 0.0434. The molecule has 0 aliphatic rings. The van der Waals surface area contributed by atoms with Gasteiger partial charge in [-0.2, -0.15) is 0 Å². The highest BCUT2D eigenvalue weighted by atomic mass is 35.5. The van der Waals surface area contributed by atoms with Gasteiger partial charge in [0.15, 0.2) is 5.22 Å². The predicted molar refractivity (Wildman–Crippen MR) is 42.3 cm³/mol. The Morgan fingerprint density at radius 3 is 2.73 bits per heavy atom. The molecule has 62 valence electrons. The molecule has 3 N–H and O–H groups in total. The molecule has 4 heteroatoms. The molecule has 1 heterocycles. The minimum Gasteiger partial charge on any atom is -0.447 e. The van der Waals surface area contributed by atoms with Gasteiger partial charge in [0.2, 0.25) is 0 Å². The van der Waals surface area contributed by atoms with E-state index >= 15 is 0 Å². The van der Waals surface area contributed by atoms with Crippen LogP contribution in [0.4, 0.5) is 0 Å². The van der Waals surface area contributed by atoms with Crippen molar-refractivity contribution >= 4 is 11.6 Å². The smallest absolute Gasteiger partial charge is 0.193 e. The Labute approximate surface area is 69.8 Å². The fourth-order valence-electron chi connectivity index (χ4n) is 0.704. The van der Waals surface area contributed by atoms with Crippen molar-refractivity contribution in [2.45, 2.75) is 12.5 Å². The van der Waals surface area contributed by atoms with Crippen LogP contribution in [0.1, 0.15) is 12.7 Å². The molecule has 0 aliphatic carbocycles. The second-order valence-electron chi connectivity index (χ2n) is 2.58. The maximum Gasteiger partial charge on any atom is 0.193 e. The number of rotatable bonds is 2. The zero-order valence-corrected chi connectivity index (χ0v) is 6.93. The van der Waals surface area contributed by atoms with Crippen molar-refractivity contribution in [1.29, 1.82) is 0 Å². The van der Waals surface area contributed by atoms with Crippen LogP contribution in [0.3, 0.4) is 0 Å². The standard InChI is InChI=1S/C7H10ClNO2/c1-7(10,4-9)5-2-3-6(8)11-5/h2-3,10H,4,9H2,1H3. The van der Waals surface area contributed by atoms with Crippen LogP contribution in [0.5, 0.6) is 0 Å². The average Bonchev–Trinajstić information content (AvgIpc) is 2.36. The molecule has 0 fully saturated rings. The molecule has 0 radical (unpaired) electrons. The first-order chi connectivity index (χ1) is 5.06. The number of hydrogen-bond acceptors (Lipinski definition) is 3. The normalized spacial score (nSPS) is 16.4. The van der Waals surface area contributed by atoms with Gasteiger partial charge in [-0.05, 0) is 30.7 Å². The van der Waals surface area contributed by atoms with Crippen LogP contribution in [0.25, 0.3) is 0 Å². The Balaban J connectivity index is 2.92. The third-order valence-corrected chi connectivity index (χ3v) is 1.70. The third kappa shape index (κ3) is 1.74. The summed E-state index contributed by atoms with van der Waals surface area (Å²) in [6, 6.07) is 3.18. The SMILES string of the molecule is CC(O)(CN)c1ccc(Cl)o1. The van der Waals surface area contributed by atoms with Crippen molar-refractivity contribution in [3.05, 3.63) is 23.1 Å². The number of aliphatic hydroxyl groups is 1. The number of halogens is 1. The first-order valence-corrected chi connectivity index (χ1v) is 3.62. The highest BCUT2D eigenvalue weighted by Crippen LogP contribution is 2.23. The maximum absolute atomic E-state index is 9.53. The summed E-state index contributed by atoms with van der Waals surface area (Å²) >= 11 is 5.50. The summed E-state index contributed by atoms with van der Waals surface area (Å²) in [6.45, 7) is 1.68. The molecular weight excluding hydrogens is 166 g/mol. The largest absolute Gasteiger partial charge is 0.447 e. The van der Waals surface area contributed by atoms with E-state index in [1.54, 1.807) is 19.1 Å². The van der Waals surface area contributed by atoms with Gasteiger partial charge in [-0.1, -0.05) is 0 Å². The van der Waals surface area contributed by atoms with Crippen LogP contribution in [0.15, 0.2) is 16.5 Å². The third-order valence-electron chi connectivity index (χ3n) is 1.50. The molecule has 0 aliphatic heterocycles. The lowest BCUT2D eigenvalue weighted by Gasteiger charge is -2.17. The van der Waals surface area contributed by atoms with Gasteiger partial charge in [-0.15, -0.1) is 0 Å². The molecule has 0 bridgehead atoms. The van der Waals surface area contributed by atoms with Crippen molar-refractivity contribution in [3.8, 4) is 0 Å². The van der Waals surface area contributed by atoms with Gasteiger partial charge in [-0.25, -0.2) is 0 Å². The topological polar surface area (TPSA) is 59.4 Å². The van der Waals surface area contributed by atoms with Crippen molar-refractivity contribution in [1.82, 2.24) is 0 Å². The minimum absolute atomic E-state index is 0.108. The van der Waals surface area contributed by atoms with Gasteiger partial charge >= 0.3 is 0 Å². The second kappa shape index (κ2) is 2.85. The lowest BCUT2D eigenvalue weighted by Crippen LogP contribution is -2.30. The first kappa shape index (κ1) is 8.59. The van der Waals surface area contributed by atoms with Crippen LogP contribution >= 0.6 is 11.6 Å². The van der Waals surface area contributed by atoms with Crippen LogP contribution in [0, 0.1) is 0 Å². The molecule has 11 heavy (non-hydrogen) atoms. The van der Waals surface area contributed by atoms with Crippen molar-refractivity contribution in [3.63, 3.8) is 0 Å². The summed E-state index contributed by atoms with van der Waals surface area (Å²) < 4.78 is 4.97. The molecule has 1 aromatic heterocycles. The predicted octanol–water partition coefficient (Wildman–Crippen LogP) is 1.10. The lowest BCUT2D eigenvalue weighted by atomic mass is 10.1. The van der Waals surface area contributed by atoms with E-state index < -0.39 is 5.60 Å². The van der Waals surface area contributed by atoms with Gasteiger partial charge in [0, 0.05) is 6.54 Å². The Bertz CT molecular complexity index is 244.